The maximum Gasteiger partial charge on any atom is 0.140 e. The Balaban J connectivity index is -0.000000277. The number of hydrogen-bond acceptors (Lipinski definition) is 11. The molecule has 7 N–H and O–H groups in total. The van der Waals surface area contributed by atoms with Gasteiger partial charge in [0.15, 0.2) is 0 Å². The van der Waals surface area contributed by atoms with Crippen LogP contribution in [0, 0.1) is 11.1 Å². The Morgan fingerprint density at radius 2 is 0.904 bits per heavy atom. The number of ether oxygens (including phenoxy) is 2. The van der Waals surface area contributed by atoms with Gasteiger partial charge in [0.25, 0.3) is 0 Å². The first-order valence-corrected chi connectivity index (χ1v) is 17.9. The van der Waals surface area contributed by atoms with Gasteiger partial charge in [-0.15, -0.1) is 0 Å². The zero-order valence-corrected chi connectivity index (χ0v) is 34.1. The van der Waals surface area contributed by atoms with E-state index in [4.69, 9.17) is 50.3 Å². The Morgan fingerprint density at radius 3 is 1.19 bits per heavy atom. The second-order valence-corrected chi connectivity index (χ2v) is 10.8. The monoisotopic (exact) mass is 823 g/mol. The van der Waals surface area contributed by atoms with Crippen LogP contribution in [0.25, 0.3) is 32.7 Å². The van der Waals surface area contributed by atoms with E-state index in [-0.39, 0.29) is 8.03 Å². The van der Waals surface area contributed by atoms with Gasteiger partial charge in [-0.1, -0.05) is 101 Å². The first-order chi connectivity index (χ1) is 25.3. The molecule has 0 saturated carbocycles. The molecule has 0 saturated heterocycles. The number of halogens is 3. The summed E-state index contributed by atoms with van der Waals surface area (Å²) in [5.41, 5.74) is 15.3. The Morgan fingerprint density at radius 1 is 0.635 bits per heavy atom. The third kappa shape index (κ3) is 26.0. The molecule has 6 rings (SSSR count). The molecule has 0 atom stereocenters. The summed E-state index contributed by atoms with van der Waals surface area (Å²) in [6.45, 7) is 9.53. The molecule has 288 valence electrons. The molecule has 0 bridgehead atoms. The number of aromatic nitrogens is 3. The summed E-state index contributed by atoms with van der Waals surface area (Å²) in [7, 11) is 4.36. The maximum atomic E-state index is 7.57. The van der Waals surface area contributed by atoms with E-state index in [9.17, 15) is 0 Å². The molecule has 0 fully saturated rings. The molecule has 0 unspecified atom stereocenters. The predicted molar refractivity (Wildman–Crippen MR) is 226 cm³/mol. The molecule has 11 nitrogen and oxygen atoms in total. The molecule has 0 aliphatic rings. The van der Waals surface area contributed by atoms with Crippen LogP contribution < -0.4 is 11.3 Å². The van der Waals surface area contributed by atoms with Crippen LogP contribution in [0.2, 0.25) is 10.3 Å². The molecule has 0 spiro atoms. The first kappa shape index (κ1) is 52.5. The zero-order valence-electron chi connectivity index (χ0n) is 31.0. The van der Waals surface area contributed by atoms with Crippen molar-refractivity contribution in [2.75, 3.05) is 51.9 Å². The molecule has 0 aliphatic heterocycles. The average Bonchev–Trinajstić information content (AvgIpc) is 3.20. The summed E-state index contributed by atoms with van der Waals surface area (Å²) in [5, 5.41) is 20.1. The molecule has 3 aromatic carbocycles. The standard InChI is InChI=1S/2C9H6ClN.C9H9N3.2C3H8O.C2H5Br.C2H6O.CH4O.H2N2.H2/c2*10-9-6-5-7-3-1-2-4-8(7)11-9;10-12-9-6-5-7-3-1-2-4-8(7)11-9;2*1-3-4-2;2*1-2-3;2*1-2;/h2*1-6H;1-6H,10H2,(H,11,12);2*3H2,1-2H3;2H2,1H3;3H,2H2,1H3;2H,1H3;1-2H;1H. The highest BCUT2D eigenvalue weighted by Gasteiger charge is 1.95. The fourth-order valence-electron chi connectivity index (χ4n) is 3.23. The molecular formula is C38H56BrCl2N7O4. The zero-order chi connectivity index (χ0) is 40.0. The van der Waals surface area contributed by atoms with E-state index in [2.05, 4.69) is 45.8 Å². The molecule has 52 heavy (non-hydrogen) atoms. The smallest absolute Gasteiger partial charge is 0.140 e. The number of nitrogens with two attached hydrogens (primary N) is 1. The number of anilines is 1. The van der Waals surface area contributed by atoms with Crippen molar-refractivity contribution >= 4 is 77.7 Å². The number of hydrazine groups is 1. The quantitative estimate of drug-likeness (QED) is 0.0332. The van der Waals surface area contributed by atoms with Gasteiger partial charge in [-0.3, -0.25) is 0 Å². The van der Waals surface area contributed by atoms with Gasteiger partial charge in [-0.2, -0.15) is 0 Å². The number of nitrogens with one attached hydrogen (secondary N) is 3. The fraction of sp³-hybridized carbons (Fsp3) is 0.289. The summed E-state index contributed by atoms with van der Waals surface area (Å²) in [5.74, 6) is 5.92. The summed E-state index contributed by atoms with van der Waals surface area (Å²) in [6.07, 6.45) is 0. The summed E-state index contributed by atoms with van der Waals surface area (Å²) >= 11 is 14.6. The minimum absolute atomic E-state index is 0. The lowest BCUT2D eigenvalue weighted by Gasteiger charge is -2.00. The van der Waals surface area contributed by atoms with Gasteiger partial charge in [0.05, 0.1) is 16.6 Å². The molecule has 3 heterocycles. The summed E-state index contributed by atoms with van der Waals surface area (Å²) in [6, 6.07) is 35.0. The summed E-state index contributed by atoms with van der Waals surface area (Å²) in [4.78, 5) is 12.5. The number of rotatable bonds is 3. The highest BCUT2D eigenvalue weighted by atomic mass is 79.9. The average molecular weight is 826 g/mol. The maximum absolute atomic E-state index is 7.57. The van der Waals surface area contributed by atoms with Crippen LogP contribution in [0.3, 0.4) is 0 Å². The number of alkyl halides is 1. The second-order valence-electron chi connectivity index (χ2n) is 8.93. The van der Waals surface area contributed by atoms with E-state index in [1.54, 1.807) is 33.3 Å². The van der Waals surface area contributed by atoms with Gasteiger partial charge < -0.3 is 25.1 Å². The van der Waals surface area contributed by atoms with Crippen molar-refractivity contribution in [1.82, 2.24) is 15.0 Å². The van der Waals surface area contributed by atoms with Crippen LogP contribution in [-0.4, -0.2) is 71.6 Å². The van der Waals surface area contributed by atoms with Crippen LogP contribution in [0.4, 0.5) is 5.82 Å². The van der Waals surface area contributed by atoms with Crippen LogP contribution in [0.15, 0.2) is 109 Å². The van der Waals surface area contributed by atoms with E-state index in [0.717, 1.165) is 58.4 Å². The normalized spacial score (nSPS) is 8.71. The minimum atomic E-state index is 0. The van der Waals surface area contributed by atoms with E-state index in [1.165, 1.54) is 0 Å². The number of para-hydroxylation sites is 3. The van der Waals surface area contributed by atoms with Crippen LogP contribution in [0.1, 0.15) is 29.1 Å². The van der Waals surface area contributed by atoms with Gasteiger partial charge in [-0.05, 0) is 75.4 Å². The Labute approximate surface area is 328 Å². The lowest BCUT2D eigenvalue weighted by Crippen LogP contribution is -2.07. The number of methoxy groups -OCH3 is 2. The number of benzene rings is 3. The number of nitrogen functional groups attached to an aromatic ring is 1. The molecule has 14 heteroatoms. The van der Waals surface area contributed by atoms with E-state index in [1.807, 2.05) is 118 Å². The van der Waals surface area contributed by atoms with Gasteiger partial charge in [0.1, 0.15) is 16.1 Å². The molecule has 6 aromatic rings. The van der Waals surface area contributed by atoms with Crippen LogP contribution in [0.5, 0.6) is 0 Å². The Kier molecular flexibility index (Phi) is 38.8. The topological polar surface area (TPSA) is 183 Å². The number of hydrogen-bond donors (Lipinski definition) is 6. The third-order valence-electron chi connectivity index (χ3n) is 5.45. The molecule has 0 aliphatic carbocycles. The van der Waals surface area contributed by atoms with Crippen molar-refractivity contribution < 1.29 is 21.1 Å². The lowest BCUT2D eigenvalue weighted by molar-refractivity contribution is 0.215. The van der Waals surface area contributed by atoms with Crippen molar-refractivity contribution in [2.24, 2.45) is 5.84 Å². The van der Waals surface area contributed by atoms with E-state index < -0.39 is 0 Å². The first-order valence-electron chi connectivity index (χ1n) is 16.0. The van der Waals surface area contributed by atoms with Crippen molar-refractivity contribution in [3.05, 3.63) is 120 Å². The highest BCUT2D eigenvalue weighted by Crippen LogP contribution is 2.15. The number of pyridine rings is 3. The molecular weight excluding hydrogens is 769 g/mol. The number of aliphatic hydroxyl groups is 2. The predicted octanol–water partition coefficient (Wildman–Crippen LogP) is 10.5. The Bertz CT molecular complexity index is 1610. The highest BCUT2D eigenvalue weighted by molar-refractivity contribution is 9.09. The van der Waals surface area contributed by atoms with Crippen molar-refractivity contribution in [3.63, 3.8) is 0 Å². The molecule has 3 aromatic heterocycles. The van der Waals surface area contributed by atoms with Crippen LogP contribution in [-0.2, 0) is 9.47 Å². The summed E-state index contributed by atoms with van der Waals surface area (Å²) < 4.78 is 9.08. The van der Waals surface area contributed by atoms with Gasteiger partial charge in [-0.25, -0.2) is 31.9 Å². The van der Waals surface area contributed by atoms with Gasteiger partial charge in [0.2, 0.25) is 0 Å². The Hall–Kier alpha value is -3.85. The van der Waals surface area contributed by atoms with Crippen molar-refractivity contribution in [2.45, 2.75) is 27.7 Å². The van der Waals surface area contributed by atoms with Gasteiger partial charge in [0, 0.05) is 64.1 Å². The largest absolute Gasteiger partial charge is 0.400 e. The van der Waals surface area contributed by atoms with E-state index >= 15 is 0 Å². The molecule has 0 radical (unpaired) electrons. The number of aliphatic hydroxyl groups excluding tert-OH is 2. The van der Waals surface area contributed by atoms with E-state index in [0.29, 0.717) is 16.1 Å². The fourth-order valence-corrected chi connectivity index (χ4v) is 3.54. The number of fused-ring (bicyclic) bond motifs is 3. The van der Waals surface area contributed by atoms with Gasteiger partial charge >= 0.3 is 0 Å². The third-order valence-corrected chi connectivity index (χ3v) is 5.87. The van der Waals surface area contributed by atoms with Crippen molar-refractivity contribution in [1.29, 1.82) is 11.1 Å². The van der Waals surface area contributed by atoms with Crippen molar-refractivity contribution in [3.8, 4) is 0 Å². The minimum Gasteiger partial charge on any atom is -0.400 e. The second kappa shape index (κ2) is 38.4. The molecule has 0 amide bonds. The lowest BCUT2D eigenvalue weighted by atomic mass is 10.2. The SMILES string of the molecule is CCBr.CCO.CCOC.CCOC.CO.Clc1ccc2ccccc2n1.Clc1ccc2ccccc2n1.N=N.NNc1ccc2ccccc2n1.[HH]. The van der Waals surface area contributed by atoms with Crippen LogP contribution >= 0.6 is 39.1 Å². The number of nitrogens with zero attached hydrogens (tertiary/aromatic N) is 3.